The number of halogens is 3. The number of urea groups is 1. The van der Waals surface area contributed by atoms with Crippen LogP contribution in [0.1, 0.15) is 18.9 Å². The Morgan fingerprint density at radius 2 is 1.98 bits per heavy atom. The molecule has 212 valence electrons. The van der Waals surface area contributed by atoms with Crippen molar-refractivity contribution in [1.82, 2.24) is 14.6 Å². The van der Waals surface area contributed by atoms with Gasteiger partial charge in [-0.3, -0.25) is 9.36 Å². The highest BCUT2D eigenvalue weighted by atomic mass is 35.5. The van der Waals surface area contributed by atoms with Crippen molar-refractivity contribution in [3.05, 3.63) is 59.2 Å². The molecule has 4 amide bonds. The highest BCUT2D eigenvalue weighted by molar-refractivity contribution is 6.30. The van der Waals surface area contributed by atoms with Crippen LogP contribution in [0.2, 0.25) is 5.02 Å². The highest BCUT2D eigenvalue weighted by Gasteiger charge is 2.48. The second-order valence-corrected chi connectivity index (χ2v) is 9.91. The van der Waals surface area contributed by atoms with Crippen molar-refractivity contribution in [2.45, 2.75) is 31.6 Å². The molecule has 1 saturated heterocycles. The number of fused-ring (bicyclic) bond motifs is 1. The van der Waals surface area contributed by atoms with Crippen LogP contribution >= 0.6 is 11.6 Å². The molecule has 1 aliphatic rings. The van der Waals surface area contributed by atoms with Gasteiger partial charge in [-0.1, -0.05) is 28.2 Å². The molecule has 1 fully saturated rings. The van der Waals surface area contributed by atoms with Crippen molar-refractivity contribution in [2.75, 3.05) is 25.6 Å². The molecule has 3 aromatic rings. The molecule has 3 N–H and O–H groups in total. The summed E-state index contributed by atoms with van der Waals surface area (Å²) in [6.45, 7) is -0.108. The average Bonchev–Trinajstić information content (AvgIpc) is 3.43. The molecule has 0 spiro atoms. The van der Waals surface area contributed by atoms with Crippen LogP contribution in [0.4, 0.5) is 24.1 Å². The van der Waals surface area contributed by atoms with Crippen molar-refractivity contribution in [3.63, 3.8) is 0 Å². The van der Waals surface area contributed by atoms with E-state index in [0.717, 1.165) is 9.47 Å². The van der Waals surface area contributed by atoms with E-state index in [9.17, 15) is 23.7 Å². The van der Waals surface area contributed by atoms with Gasteiger partial charge in [0.2, 0.25) is 0 Å². The molecule has 11 nitrogen and oxygen atoms in total. The Balaban J connectivity index is 1.58. The van der Waals surface area contributed by atoms with Crippen LogP contribution in [0.5, 0.6) is 5.75 Å². The number of rotatable bonds is 7. The predicted molar refractivity (Wildman–Crippen MR) is 141 cm³/mol. The minimum atomic E-state index is -1.97. The van der Waals surface area contributed by atoms with Crippen molar-refractivity contribution in [3.8, 4) is 5.75 Å². The van der Waals surface area contributed by atoms with E-state index in [0.29, 0.717) is 21.5 Å². The largest absolute Gasteiger partial charge is 0.482 e. The van der Waals surface area contributed by atoms with Crippen molar-refractivity contribution in [1.29, 1.82) is 0 Å². The number of nitrogens with two attached hydrogens (primary N) is 1. The van der Waals surface area contributed by atoms with E-state index in [1.165, 1.54) is 44.5 Å². The first-order chi connectivity index (χ1) is 18.9. The third kappa shape index (κ3) is 6.25. The number of alkyl halides is 1. The number of ether oxygens (including phenoxy) is 2. The fraction of sp³-hybridized carbons (Fsp3) is 0.308. The summed E-state index contributed by atoms with van der Waals surface area (Å²) in [6.07, 6.45) is 0.820. The summed E-state index contributed by atoms with van der Waals surface area (Å²) >= 11 is 5.93. The second kappa shape index (κ2) is 11.4. The number of carbonyl (C=O) groups is 4. The molecule has 40 heavy (non-hydrogen) atoms. The lowest BCUT2D eigenvalue weighted by Crippen LogP contribution is -2.47. The molecule has 1 aliphatic heterocycles. The average molecular weight is 578 g/mol. The van der Waals surface area contributed by atoms with Crippen LogP contribution in [-0.2, 0) is 20.9 Å². The molecule has 0 saturated carbocycles. The minimum Gasteiger partial charge on any atom is -0.482 e. The second-order valence-electron chi connectivity index (χ2n) is 9.47. The standard InChI is InChI=1S/C26H26ClF2N5O6/c1-26(28)10-21(23(36)34(29)11-15-4-3-5-16(27)8-15)33(14-26)25(38)31-19-12-32(24(30)37)20-7-6-17(9-18(19)20)40-13-22(35)39-2/h3-9,12,21H,10-11,13-14H2,1-2H3,(H2,30,37)(H,31,38)/t21-,26+/m0/s1. The molecule has 0 aliphatic carbocycles. The number of esters is 1. The molecule has 2 atom stereocenters. The van der Waals surface area contributed by atoms with Gasteiger partial charge >= 0.3 is 18.0 Å². The number of primary amides is 1. The Kier molecular flexibility index (Phi) is 8.14. The van der Waals surface area contributed by atoms with Gasteiger partial charge in [0.1, 0.15) is 17.5 Å². The number of nitrogens with one attached hydrogen (secondary N) is 1. The quantitative estimate of drug-likeness (QED) is 0.321. The normalized spacial score (nSPS) is 18.4. The van der Waals surface area contributed by atoms with Crippen LogP contribution < -0.4 is 15.8 Å². The van der Waals surface area contributed by atoms with Gasteiger partial charge in [0, 0.05) is 23.0 Å². The zero-order valence-corrected chi connectivity index (χ0v) is 22.3. The molecule has 1 aromatic heterocycles. The molecule has 14 heteroatoms. The summed E-state index contributed by atoms with van der Waals surface area (Å²) in [5.41, 5.74) is 4.28. The maximum absolute atomic E-state index is 15.1. The highest BCUT2D eigenvalue weighted by Crippen LogP contribution is 2.34. The molecule has 0 radical (unpaired) electrons. The van der Waals surface area contributed by atoms with Crippen molar-refractivity contribution in [2.24, 2.45) is 5.73 Å². The van der Waals surface area contributed by atoms with Crippen LogP contribution in [0.25, 0.3) is 10.9 Å². The lowest BCUT2D eigenvalue weighted by atomic mass is 10.0. The van der Waals surface area contributed by atoms with E-state index >= 15 is 4.39 Å². The van der Waals surface area contributed by atoms with E-state index in [1.54, 1.807) is 18.2 Å². The number of methoxy groups -OCH3 is 1. The van der Waals surface area contributed by atoms with Crippen LogP contribution in [0.15, 0.2) is 48.7 Å². The molecule has 2 aromatic carbocycles. The van der Waals surface area contributed by atoms with Crippen LogP contribution in [0.3, 0.4) is 0 Å². The van der Waals surface area contributed by atoms with Crippen LogP contribution in [0, 0.1) is 0 Å². The number of amides is 4. The lowest BCUT2D eigenvalue weighted by molar-refractivity contribution is -0.152. The molecule has 2 heterocycles. The summed E-state index contributed by atoms with van der Waals surface area (Å²) < 4.78 is 41.0. The zero-order valence-electron chi connectivity index (χ0n) is 21.5. The van der Waals surface area contributed by atoms with Gasteiger partial charge in [0.25, 0.3) is 5.91 Å². The molecular formula is C26H26ClF2N5O6. The third-order valence-corrected chi connectivity index (χ3v) is 6.57. The summed E-state index contributed by atoms with van der Waals surface area (Å²) in [7, 11) is 1.20. The number of carbonyl (C=O) groups excluding carboxylic acids is 4. The summed E-state index contributed by atoms with van der Waals surface area (Å²) in [5, 5.41) is 3.13. The smallest absolute Gasteiger partial charge is 0.343 e. The first kappa shape index (κ1) is 28.6. The monoisotopic (exact) mass is 577 g/mol. The Bertz CT molecular complexity index is 1480. The SMILES string of the molecule is COC(=O)COc1ccc2c(c1)c(NC(=O)N1C[C@](C)(F)C[C@H]1C(=O)N(F)Cc1cccc(Cl)c1)cn2C(N)=O. The van der Waals surface area contributed by atoms with Gasteiger partial charge < -0.3 is 25.4 Å². The van der Waals surface area contributed by atoms with Gasteiger partial charge in [0.15, 0.2) is 6.61 Å². The maximum Gasteiger partial charge on any atom is 0.343 e. The summed E-state index contributed by atoms with van der Waals surface area (Å²) in [5.74, 6) is -1.51. The molecular weight excluding hydrogens is 552 g/mol. The van der Waals surface area contributed by atoms with Gasteiger partial charge in [-0.15, -0.1) is 0 Å². The lowest BCUT2D eigenvalue weighted by Gasteiger charge is -2.25. The number of likely N-dealkylation sites (tertiary alicyclic amines) is 1. The van der Waals surface area contributed by atoms with Crippen LogP contribution in [-0.4, -0.2) is 70.5 Å². The maximum atomic E-state index is 15.1. The first-order valence-corrected chi connectivity index (χ1v) is 12.4. The minimum absolute atomic E-state index is 0.0806. The zero-order chi connectivity index (χ0) is 29.2. The summed E-state index contributed by atoms with van der Waals surface area (Å²) in [4.78, 5) is 50.7. The Hall–Kier alpha value is -4.39. The van der Waals surface area contributed by atoms with Gasteiger partial charge in [0.05, 0.1) is 31.4 Å². The number of hydrogen-bond acceptors (Lipinski definition) is 6. The third-order valence-electron chi connectivity index (χ3n) is 6.33. The number of anilines is 1. The van der Waals surface area contributed by atoms with E-state index in [4.69, 9.17) is 22.1 Å². The molecule has 0 unspecified atom stereocenters. The first-order valence-electron chi connectivity index (χ1n) is 12.0. The predicted octanol–water partition coefficient (Wildman–Crippen LogP) is 4.02. The Morgan fingerprint density at radius 1 is 1.23 bits per heavy atom. The topological polar surface area (TPSA) is 136 Å². The number of aromatic nitrogens is 1. The number of benzene rings is 2. The Morgan fingerprint density at radius 3 is 2.65 bits per heavy atom. The van der Waals surface area contributed by atoms with Gasteiger partial charge in [-0.25, -0.2) is 18.8 Å². The van der Waals surface area contributed by atoms with E-state index < -0.39 is 55.2 Å². The fourth-order valence-corrected chi connectivity index (χ4v) is 4.69. The Labute approximate surface area is 232 Å². The summed E-state index contributed by atoms with van der Waals surface area (Å²) in [6, 6.07) is 7.47. The van der Waals surface area contributed by atoms with Gasteiger partial charge in [-0.05, 0) is 42.8 Å². The van der Waals surface area contributed by atoms with E-state index in [2.05, 4.69) is 10.1 Å². The fourth-order valence-electron chi connectivity index (χ4n) is 4.48. The molecule has 4 rings (SSSR count). The number of nitrogens with zero attached hydrogens (tertiary/aromatic N) is 3. The van der Waals surface area contributed by atoms with Crippen molar-refractivity contribution >= 4 is 52.1 Å². The van der Waals surface area contributed by atoms with E-state index in [1.807, 2.05) is 0 Å². The van der Waals surface area contributed by atoms with Gasteiger partial charge in [-0.2, -0.15) is 5.12 Å². The number of hydrogen-bond donors (Lipinski definition) is 2. The molecule has 0 bridgehead atoms. The van der Waals surface area contributed by atoms with Crippen molar-refractivity contribution < 1.29 is 37.5 Å². The van der Waals surface area contributed by atoms with E-state index in [-0.39, 0.29) is 23.2 Å².